The number of hydrogen-bond acceptors (Lipinski definition) is 2. The normalized spacial score (nSPS) is 11.4. The van der Waals surface area contributed by atoms with Crippen LogP contribution in [-0.4, -0.2) is 15.6 Å². The van der Waals surface area contributed by atoms with Crippen LogP contribution in [0.1, 0.15) is 31.1 Å². The first-order valence-corrected chi connectivity index (χ1v) is 4.74. The van der Waals surface area contributed by atoms with Gasteiger partial charge in [0.15, 0.2) is 0 Å². The van der Waals surface area contributed by atoms with Gasteiger partial charge in [0.2, 0.25) is 0 Å². The summed E-state index contributed by atoms with van der Waals surface area (Å²) in [6, 6.07) is 2.90. The highest BCUT2D eigenvalue weighted by Gasteiger charge is 2.15. The summed E-state index contributed by atoms with van der Waals surface area (Å²) in [5.41, 5.74) is -0.678. The van der Waals surface area contributed by atoms with Crippen LogP contribution in [-0.2, 0) is 6.54 Å². The van der Waals surface area contributed by atoms with E-state index in [1.165, 1.54) is 10.6 Å². The minimum Gasteiger partial charge on any atom is -0.477 e. The monoisotopic (exact) mass is 209 g/mol. The van der Waals surface area contributed by atoms with Crippen LogP contribution in [0.15, 0.2) is 23.1 Å². The molecule has 0 aliphatic heterocycles. The minimum atomic E-state index is -1.18. The lowest BCUT2D eigenvalue weighted by Gasteiger charge is -2.19. The second-order valence-corrected chi connectivity index (χ2v) is 4.72. The zero-order valence-electron chi connectivity index (χ0n) is 9.15. The second kappa shape index (κ2) is 3.88. The van der Waals surface area contributed by atoms with Crippen LogP contribution in [0.2, 0.25) is 0 Å². The van der Waals surface area contributed by atoms with Crippen molar-refractivity contribution in [2.45, 2.75) is 27.3 Å². The maximum atomic E-state index is 11.7. The van der Waals surface area contributed by atoms with Gasteiger partial charge in [-0.2, -0.15) is 0 Å². The Hall–Kier alpha value is -1.58. The number of nitrogens with zero attached hydrogens (tertiary/aromatic N) is 1. The van der Waals surface area contributed by atoms with Crippen molar-refractivity contribution in [2.24, 2.45) is 5.41 Å². The molecule has 0 aliphatic rings. The summed E-state index contributed by atoms with van der Waals surface area (Å²) in [5, 5.41) is 8.78. The summed E-state index contributed by atoms with van der Waals surface area (Å²) in [6.45, 7) is 6.49. The van der Waals surface area contributed by atoms with Gasteiger partial charge >= 0.3 is 5.97 Å². The van der Waals surface area contributed by atoms with Crippen molar-refractivity contribution < 1.29 is 9.90 Å². The molecule has 0 saturated carbocycles. The Morgan fingerprint density at radius 2 is 2.07 bits per heavy atom. The Balaban J connectivity index is 3.17. The molecule has 0 saturated heterocycles. The van der Waals surface area contributed by atoms with Crippen molar-refractivity contribution in [3.63, 3.8) is 0 Å². The average Bonchev–Trinajstić information content (AvgIpc) is 2.05. The first-order valence-electron chi connectivity index (χ1n) is 4.74. The standard InChI is InChI=1S/C11H15NO3/c1-11(2,3)7-12-6-4-5-8(9(12)13)10(14)15/h4-6H,7H2,1-3H3,(H,14,15). The van der Waals surface area contributed by atoms with Gasteiger partial charge in [0.1, 0.15) is 5.56 Å². The Kier molecular flexibility index (Phi) is 2.98. The predicted octanol–water partition coefficient (Wildman–Crippen LogP) is 1.59. The highest BCUT2D eigenvalue weighted by atomic mass is 16.4. The lowest BCUT2D eigenvalue weighted by atomic mass is 9.97. The lowest BCUT2D eigenvalue weighted by Crippen LogP contribution is -2.30. The number of pyridine rings is 1. The number of carbonyl (C=O) groups is 1. The summed E-state index contributed by atoms with van der Waals surface area (Å²) in [6.07, 6.45) is 1.61. The van der Waals surface area contributed by atoms with Gasteiger partial charge in [0.25, 0.3) is 5.56 Å². The first kappa shape index (κ1) is 11.5. The van der Waals surface area contributed by atoms with Crippen LogP contribution in [0.25, 0.3) is 0 Å². The summed E-state index contributed by atoms with van der Waals surface area (Å²) in [7, 11) is 0. The lowest BCUT2D eigenvalue weighted by molar-refractivity contribution is 0.0693. The van der Waals surface area contributed by atoms with E-state index in [1.54, 1.807) is 12.3 Å². The fourth-order valence-corrected chi connectivity index (χ4v) is 1.34. The summed E-state index contributed by atoms with van der Waals surface area (Å²) in [4.78, 5) is 22.4. The van der Waals surface area contributed by atoms with Gasteiger partial charge in [0, 0.05) is 12.7 Å². The largest absolute Gasteiger partial charge is 0.477 e. The van der Waals surface area contributed by atoms with Crippen molar-refractivity contribution in [2.75, 3.05) is 0 Å². The van der Waals surface area contributed by atoms with E-state index in [-0.39, 0.29) is 11.0 Å². The second-order valence-electron chi connectivity index (χ2n) is 4.72. The molecule has 4 nitrogen and oxygen atoms in total. The zero-order valence-corrected chi connectivity index (χ0v) is 9.15. The molecule has 0 aromatic carbocycles. The number of carboxylic acids is 1. The molecule has 1 rings (SSSR count). The third-order valence-electron chi connectivity index (χ3n) is 1.90. The Bertz CT molecular complexity index is 426. The van der Waals surface area contributed by atoms with Crippen LogP contribution in [0, 0.1) is 5.41 Å². The highest BCUT2D eigenvalue weighted by Crippen LogP contribution is 2.14. The minimum absolute atomic E-state index is 0.0546. The average molecular weight is 209 g/mol. The molecular weight excluding hydrogens is 194 g/mol. The number of aromatic nitrogens is 1. The predicted molar refractivity (Wildman–Crippen MR) is 57.1 cm³/mol. The number of hydrogen-bond donors (Lipinski definition) is 1. The molecule has 15 heavy (non-hydrogen) atoms. The van der Waals surface area contributed by atoms with Crippen LogP contribution >= 0.6 is 0 Å². The maximum Gasteiger partial charge on any atom is 0.341 e. The summed E-state index contributed by atoms with van der Waals surface area (Å²) < 4.78 is 1.43. The van der Waals surface area contributed by atoms with Crippen LogP contribution in [0.5, 0.6) is 0 Å². The molecule has 1 N–H and O–H groups in total. The van der Waals surface area contributed by atoms with Crippen LogP contribution < -0.4 is 5.56 Å². The van der Waals surface area contributed by atoms with Crippen molar-refractivity contribution in [1.82, 2.24) is 4.57 Å². The van der Waals surface area contributed by atoms with Crippen molar-refractivity contribution in [1.29, 1.82) is 0 Å². The molecule has 0 unspecified atom stereocenters. The molecule has 0 radical (unpaired) electrons. The number of aromatic carboxylic acids is 1. The fraction of sp³-hybridized carbons (Fsp3) is 0.455. The Morgan fingerprint density at radius 3 is 2.53 bits per heavy atom. The van der Waals surface area contributed by atoms with Gasteiger partial charge in [-0.1, -0.05) is 20.8 Å². The van der Waals surface area contributed by atoms with E-state index >= 15 is 0 Å². The van der Waals surface area contributed by atoms with Gasteiger partial charge in [-0.25, -0.2) is 4.79 Å². The Labute approximate surface area is 88.2 Å². The third kappa shape index (κ3) is 2.94. The van der Waals surface area contributed by atoms with E-state index in [4.69, 9.17) is 5.11 Å². The third-order valence-corrected chi connectivity index (χ3v) is 1.90. The first-order chi connectivity index (χ1) is 6.81. The van der Waals surface area contributed by atoms with E-state index in [2.05, 4.69) is 0 Å². The van der Waals surface area contributed by atoms with E-state index in [9.17, 15) is 9.59 Å². The molecule has 0 spiro atoms. The SMILES string of the molecule is CC(C)(C)Cn1cccc(C(=O)O)c1=O. The molecule has 1 aromatic rings. The zero-order chi connectivity index (χ0) is 11.6. The molecule has 0 bridgehead atoms. The van der Waals surface area contributed by atoms with Gasteiger partial charge in [-0.15, -0.1) is 0 Å². The number of carboxylic acid groups (broad SMARTS) is 1. The molecule has 0 atom stereocenters. The molecule has 1 aromatic heterocycles. The van der Waals surface area contributed by atoms with Gasteiger partial charge in [-0.3, -0.25) is 4.79 Å². The van der Waals surface area contributed by atoms with Crippen molar-refractivity contribution >= 4 is 5.97 Å². The fourth-order valence-electron chi connectivity index (χ4n) is 1.34. The topological polar surface area (TPSA) is 59.3 Å². The van der Waals surface area contributed by atoms with E-state index in [1.807, 2.05) is 20.8 Å². The molecule has 82 valence electrons. The van der Waals surface area contributed by atoms with Gasteiger partial charge < -0.3 is 9.67 Å². The van der Waals surface area contributed by atoms with Gasteiger partial charge in [0.05, 0.1) is 0 Å². The summed E-state index contributed by atoms with van der Waals surface area (Å²) in [5.74, 6) is -1.18. The van der Waals surface area contributed by atoms with E-state index in [0.29, 0.717) is 6.54 Å². The molecular formula is C11H15NO3. The molecule has 0 amide bonds. The number of rotatable bonds is 2. The van der Waals surface area contributed by atoms with E-state index < -0.39 is 11.5 Å². The molecule has 1 heterocycles. The quantitative estimate of drug-likeness (QED) is 0.804. The highest BCUT2D eigenvalue weighted by molar-refractivity contribution is 5.86. The smallest absolute Gasteiger partial charge is 0.341 e. The van der Waals surface area contributed by atoms with Crippen molar-refractivity contribution in [3.05, 3.63) is 34.2 Å². The van der Waals surface area contributed by atoms with Crippen LogP contribution in [0.3, 0.4) is 0 Å². The summed E-state index contributed by atoms with van der Waals surface area (Å²) >= 11 is 0. The van der Waals surface area contributed by atoms with E-state index in [0.717, 1.165) is 0 Å². The maximum absolute atomic E-state index is 11.7. The molecule has 0 aliphatic carbocycles. The molecule has 4 heteroatoms. The Morgan fingerprint density at radius 1 is 1.47 bits per heavy atom. The van der Waals surface area contributed by atoms with Crippen LogP contribution in [0.4, 0.5) is 0 Å². The van der Waals surface area contributed by atoms with Gasteiger partial charge in [-0.05, 0) is 17.5 Å². The van der Waals surface area contributed by atoms with Crippen molar-refractivity contribution in [3.8, 4) is 0 Å². The molecule has 0 fully saturated rings.